The maximum absolute atomic E-state index is 14.5. The fraction of sp³-hybridized carbons (Fsp3) is 0.727. The van der Waals surface area contributed by atoms with Crippen LogP contribution in [0.2, 0.25) is 0 Å². The molecule has 3 rings (SSSR count). The molecule has 2 saturated carbocycles. The van der Waals surface area contributed by atoms with Gasteiger partial charge in [-0.25, -0.2) is 4.39 Å². The van der Waals surface area contributed by atoms with Crippen molar-refractivity contribution in [3.05, 3.63) is 29.3 Å². The zero-order valence-corrected chi connectivity index (χ0v) is 15.9. The quantitative estimate of drug-likeness (QED) is 0.577. The van der Waals surface area contributed by atoms with E-state index in [0.717, 1.165) is 43.4 Å². The first kappa shape index (κ1) is 18.7. The highest BCUT2D eigenvalue weighted by Crippen LogP contribution is 2.44. The van der Waals surface area contributed by atoms with Crippen LogP contribution in [0.5, 0.6) is 5.75 Å². The van der Waals surface area contributed by atoms with Crippen molar-refractivity contribution in [1.29, 1.82) is 0 Å². The van der Waals surface area contributed by atoms with Gasteiger partial charge in [0.25, 0.3) is 0 Å². The molecule has 3 heteroatoms. The van der Waals surface area contributed by atoms with Crippen LogP contribution in [0.25, 0.3) is 0 Å². The van der Waals surface area contributed by atoms with E-state index in [4.69, 9.17) is 4.74 Å². The molecule has 1 aromatic carbocycles. The van der Waals surface area contributed by atoms with Crippen LogP contribution in [-0.2, 0) is 0 Å². The SMILES string of the molecule is CC1CCC(C2CCC(c3ccc(OC(C)C)c(F)c3F)CC2)CC1. The molecule has 1 nitrogen and oxygen atoms in total. The molecule has 0 amide bonds. The Morgan fingerprint density at radius 3 is 1.96 bits per heavy atom. The van der Waals surface area contributed by atoms with E-state index in [0.29, 0.717) is 5.56 Å². The van der Waals surface area contributed by atoms with E-state index in [2.05, 4.69) is 6.92 Å². The van der Waals surface area contributed by atoms with E-state index in [1.54, 1.807) is 12.1 Å². The Balaban J connectivity index is 1.62. The van der Waals surface area contributed by atoms with Gasteiger partial charge < -0.3 is 4.74 Å². The van der Waals surface area contributed by atoms with E-state index in [1.807, 2.05) is 13.8 Å². The van der Waals surface area contributed by atoms with Crippen LogP contribution in [0.1, 0.15) is 83.6 Å². The first-order valence-corrected chi connectivity index (χ1v) is 10.1. The summed E-state index contributed by atoms with van der Waals surface area (Å²) in [5, 5.41) is 0. The summed E-state index contributed by atoms with van der Waals surface area (Å²) in [6.07, 6.45) is 9.58. The summed E-state index contributed by atoms with van der Waals surface area (Å²) in [4.78, 5) is 0. The Hall–Kier alpha value is -1.12. The van der Waals surface area contributed by atoms with Crippen LogP contribution in [0, 0.1) is 29.4 Å². The smallest absolute Gasteiger partial charge is 0.200 e. The summed E-state index contributed by atoms with van der Waals surface area (Å²) in [6.45, 7) is 5.99. The minimum Gasteiger partial charge on any atom is -0.488 e. The molecule has 2 aliphatic carbocycles. The van der Waals surface area contributed by atoms with Crippen LogP contribution < -0.4 is 4.74 Å². The lowest BCUT2D eigenvalue weighted by Crippen LogP contribution is -2.25. The molecule has 0 saturated heterocycles. The molecule has 2 aliphatic rings. The Morgan fingerprint density at radius 2 is 1.40 bits per heavy atom. The van der Waals surface area contributed by atoms with Crippen LogP contribution in [-0.4, -0.2) is 6.10 Å². The van der Waals surface area contributed by atoms with E-state index in [-0.39, 0.29) is 17.8 Å². The largest absolute Gasteiger partial charge is 0.488 e. The normalized spacial score (nSPS) is 30.5. The van der Waals surface area contributed by atoms with Gasteiger partial charge >= 0.3 is 0 Å². The standard InChI is InChI=1S/C22H32F2O/c1-14(2)25-20-13-12-19(21(23)22(20)24)18-10-8-17(9-11-18)16-6-4-15(3)5-7-16/h12-18H,4-11H2,1-3H3. The molecular formula is C22H32F2O. The molecule has 0 heterocycles. The lowest BCUT2D eigenvalue weighted by Gasteiger charge is -2.37. The Kier molecular flexibility index (Phi) is 6.01. The molecule has 0 bridgehead atoms. The molecule has 25 heavy (non-hydrogen) atoms. The van der Waals surface area contributed by atoms with Crippen LogP contribution >= 0.6 is 0 Å². The fourth-order valence-corrected chi connectivity index (χ4v) is 4.87. The summed E-state index contributed by atoms with van der Waals surface area (Å²) < 4.78 is 34.2. The van der Waals surface area contributed by atoms with Crippen LogP contribution in [0.3, 0.4) is 0 Å². The molecule has 0 unspecified atom stereocenters. The van der Waals surface area contributed by atoms with Crippen molar-refractivity contribution in [3.8, 4) is 5.75 Å². The average molecular weight is 350 g/mol. The van der Waals surface area contributed by atoms with Gasteiger partial charge in [0.05, 0.1) is 6.10 Å². The van der Waals surface area contributed by atoms with Crippen molar-refractivity contribution in [2.45, 2.75) is 84.2 Å². The van der Waals surface area contributed by atoms with Crippen LogP contribution in [0.15, 0.2) is 12.1 Å². The number of rotatable bonds is 4. The highest BCUT2D eigenvalue weighted by atomic mass is 19.2. The molecule has 0 radical (unpaired) electrons. The summed E-state index contributed by atoms with van der Waals surface area (Å²) in [7, 11) is 0. The number of halogens is 2. The van der Waals surface area contributed by atoms with E-state index < -0.39 is 11.6 Å². The van der Waals surface area contributed by atoms with Crippen molar-refractivity contribution < 1.29 is 13.5 Å². The molecule has 0 aliphatic heterocycles. The maximum Gasteiger partial charge on any atom is 0.200 e. The Labute approximate surface area is 151 Å². The predicted molar refractivity (Wildman–Crippen MR) is 97.9 cm³/mol. The monoisotopic (exact) mass is 350 g/mol. The summed E-state index contributed by atoms with van der Waals surface area (Å²) in [5.41, 5.74) is 0.546. The zero-order valence-electron chi connectivity index (χ0n) is 15.9. The van der Waals surface area contributed by atoms with Gasteiger partial charge in [-0.3, -0.25) is 0 Å². The molecule has 0 atom stereocenters. The van der Waals surface area contributed by atoms with Crippen molar-refractivity contribution in [3.63, 3.8) is 0 Å². The van der Waals surface area contributed by atoms with Crippen molar-refractivity contribution in [2.75, 3.05) is 0 Å². The topological polar surface area (TPSA) is 9.23 Å². The number of benzene rings is 1. The van der Waals surface area contributed by atoms with E-state index in [1.165, 1.54) is 25.7 Å². The summed E-state index contributed by atoms with van der Waals surface area (Å²) in [5.74, 6) is 1.20. The second-order valence-corrected chi connectivity index (χ2v) is 8.58. The highest BCUT2D eigenvalue weighted by molar-refractivity contribution is 5.33. The summed E-state index contributed by atoms with van der Waals surface area (Å²) >= 11 is 0. The lowest BCUT2D eigenvalue weighted by atomic mass is 9.68. The van der Waals surface area contributed by atoms with Gasteiger partial charge in [0.2, 0.25) is 5.82 Å². The van der Waals surface area contributed by atoms with Crippen molar-refractivity contribution >= 4 is 0 Å². The number of ether oxygens (including phenoxy) is 1. The van der Waals surface area contributed by atoms with Gasteiger partial charge in [-0.2, -0.15) is 4.39 Å². The molecule has 2 fully saturated rings. The molecule has 0 aromatic heterocycles. The lowest BCUT2D eigenvalue weighted by molar-refractivity contribution is 0.164. The zero-order chi connectivity index (χ0) is 18.0. The van der Waals surface area contributed by atoms with Gasteiger partial charge in [-0.15, -0.1) is 0 Å². The minimum absolute atomic E-state index is 0.0289. The van der Waals surface area contributed by atoms with Gasteiger partial charge in [-0.1, -0.05) is 25.8 Å². The first-order valence-electron chi connectivity index (χ1n) is 10.1. The molecule has 140 valence electrons. The van der Waals surface area contributed by atoms with Gasteiger partial charge in [0.1, 0.15) is 0 Å². The third-order valence-electron chi connectivity index (χ3n) is 6.38. The third-order valence-corrected chi connectivity index (χ3v) is 6.38. The van der Waals surface area contributed by atoms with Gasteiger partial charge in [0.15, 0.2) is 11.6 Å². The van der Waals surface area contributed by atoms with Gasteiger partial charge in [0, 0.05) is 0 Å². The fourth-order valence-electron chi connectivity index (χ4n) is 4.87. The second kappa shape index (κ2) is 8.05. The Morgan fingerprint density at radius 1 is 0.840 bits per heavy atom. The second-order valence-electron chi connectivity index (χ2n) is 8.58. The Bertz CT molecular complexity index is 568. The molecular weight excluding hydrogens is 318 g/mol. The summed E-state index contributed by atoms with van der Waals surface area (Å²) in [6, 6.07) is 3.34. The number of hydrogen-bond donors (Lipinski definition) is 0. The van der Waals surface area contributed by atoms with Crippen molar-refractivity contribution in [2.24, 2.45) is 17.8 Å². The number of hydrogen-bond acceptors (Lipinski definition) is 1. The highest BCUT2D eigenvalue weighted by Gasteiger charge is 2.32. The van der Waals surface area contributed by atoms with Crippen molar-refractivity contribution in [1.82, 2.24) is 0 Å². The molecule has 0 N–H and O–H groups in total. The van der Waals surface area contributed by atoms with Crippen LogP contribution in [0.4, 0.5) is 8.78 Å². The molecule has 0 spiro atoms. The van der Waals surface area contributed by atoms with Gasteiger partial charge in [-0.05, 0) is 87.7 Å². The van der Waals surface area contributed by atoms with E-state index in [9.17, 15) is 8.78 Å². The first-order chi connectivity index (χ1) is 12.0. The molecule has 1 aromatic rings. The predicted octanol–water partition coefficient (Wildman–Crippen LogP) is 6.85. The average Bonchev–Trinajstić information content (AvgIpc) is 2.60. The maximum atomic E-state index is 14.5. The third kappa shape index (κ3) is 4.35. The minimum atomic E-state index is -0.824. The van der Waals surface area contributed by atoms with E-state index >= 15 is 0 Å².